The van der Waals surface area contributed by atoms with Crippen LogP contribution in [0.5, 0.6) is 0 Å². The summed E-state index contributed by atoms with van der Waals surface area (Å²) >= 11 is 5.15. The molecule has 6 heteroatoms. The Kier molecular flexibility index (Phi) is 3.40. The first kappa shape index (κ1) is 13.1. The standard InChI is InChI=1S/C14H17N5S/c1-19-8-10(7-16-19)17-14-11(13(15)20)6-9-4-2-3-5-12(9)18-14/h6-8H,2-5H2,1H3,(H2,15,20)(H,17,18). The van der Waals surface area contributed by atoms with E-state index in [2.05, 4.69) is 16.5 Å². The molecule has 0 saturated heterocycles. The zero-order chi connectivity index (χ0) is 14.1. The summed E-state index contributed by atoms with van der Waals surface area (Å²) in [4.78, 5) is 5.10. The minimum atomic E-state index is 0.372. The van der Waals surface area contributed by atoms with Gasteiger partial charge < -0.3 is 11.1 Å². The van der Waals surface area contributed by atoms with Crippen LogP contribution in [-0.2, 0) is 19.9 Å². The maximum absolute atomic E-state index is 5.84. The lowest BCUT2D eigenvalue weighted by atomic mass is 9.94. The minimum absolute atomic E-state index is 0.372. The van der Waals surface area contributed by atoms with Crippen LogP contribution in [0.15, 0.2) is 18.5 Å². The molecule has 3 N–H and O–H groups in total. The summed E-state index contributed by atoms with van der Waals surface area (Å²) in [7, 11) is 1.87. The fourth-order valence-electron chi connectivity index (χ4n) is 2.54. The van der Waals surface area contributed by atoms with E-state index in [4.69, 9.17) is 22.9 Å². The van der Waals surface area contributed by atoms with Crippen molar-refractivity contribution >= 4 is 28.7 Å². The molecule has 5 nitrogen and oxygen atoms in total. The lowest BCUT2D eigenvalue weighted by Gasteiger charge is -2.18. The van der Waals surface area contributed by atoms with E-state index < -0.39 is 0 Å². The molecule has 2 aromatic rings. The van der Waals surface area contributed by atoms with Gasteiger partial charge in [0, 0.05) is 18.9 Å². The summed E-state index contributed by atoms with van der Waals surface area (Å²) in [6, 6.07) is 2.09. The van der Waals surface area contributed by atoms with Crippen molar-refractivity contribution in [2.75, 3.05) is 5.32 Å². The second kappa shape index (κ2) is 5.20. The molecular weight excluding hydrogens is 270 g/mol. The Bertz CT molecular complexity index is 662. The largest absolute Gasteiger partial charge is 0.389 e. The molecule has 20 heavy (non-hydrogen) atoms. The highest BCUT2D eigenvalue weighted by Gasteiger charge is 2.16. The average molecular weight is 287 g/mol. The van der Waals surface area contributed by atoms with Crippen LogP contribution in [0.4, 0.5) is 11.5 Å². The predicted octanol–water partition coefficient (Wildman–Crippen LogP) is 2.07. The Hall–Kier alpha value is -1.95. The highest BCUT2D eigenvalue weighted by atomic mass is 32.1. The van der Waals surface area contributed by atoms with Crippen LogP contribution in [0.3, 0.4) is 0 Å². The van der Waals surface area contributed by atoms with Crippen molar-refractivity contribution in [2.24, 2.45) is 12.8 Å². The lowest BCUT2D eigenvalue weighted by Crippen LogP contribution is -2.16. The maximum Gasteiger partial charge on any atom is 0.141 e. The van der Waals surface area contributed by atoms with Crippen LogP contribution in [0.1, 0.15) is 29.7 Å². The fourth-order valence-corrected chi connectivity index (χ4v) is 2.69. The Balaban J connectivity index is 2.01. The number of fused-ring (bicyclic) bond motifs is 1. The van der Waals surface area contributed by atoms with E-state index in [9.17, 15) is 0 Å². The first-order valence-corrected chi connectivity index (χ1v) is 7.12. The number of rotatable bonds is 3. The van der Waals surface area contributed by atoms with Crippen molar-refractivity contribution in [1.29, 1.82) is 0 Å². The quantitative estimate of drug-likeness (QED) is 0.846. The number of anilines is 2. The number of nitrogens with one attached hydrogen (secondary N) is 1. The first-order chi connectivity index (χ1) is 9.63. The van der Waals surface area contributed by atoms with E-state index >= 15 is 0 Å². The fraction of sp³-hybridized carbons (Fsp3) is 0.357. The molecule has 0 aromatic carbocycles. The normalized spacial score (nSPS) is 13.8. The number of hydrogen-bond donors (Lipinski definition) is 2. The van der Waals surface area contributed by atoms with Crippen LogP contribution in [0, 0.1) is 0 Å². The van der Waals surface area contributed by atoms with Crippen molar-refractivity contribution in [1.82, 2.24) is 14.8 Å². The molecule has 0 spiro atoms. The minimum Gasteiger partial charge on any atom is -0.389 e. The predicted molar refractivity (Wildman–Crippen MR) is 83.3 cm³/mol. The van der Waals surface area contributed by atoms with Gasteiger partial charge >= 0.3 is 0 Å². The van der Waals surface area contributed by atoms with Crippen LogP contribution in [0.2, 0.25) is 0 Å². The summed E-state index contributed by atoms with van der Waals surface area (Å²) < 4.78 is 1.74. The highest BCUT2D eigenvalue weighted by molar-refractivity contribution is 7.80. The van der Waals surface area contributed by atoms with Crippen LogP contribution in [-0.4, -0.2) is 19.8 Å². The van der Waals surface area contributed by atoms with E-state index in [0.717, 1.165) is 35.6 Å². The molecule has 2 aromatic heterocycles. The number of pyridine rings is 1. The van der Waals surface area contributed by atoms with Crippen LogP contribution in [0.25, 0.3) is 0 Å². The summed E-state index contributed by atoms with van der Waals surface area (Å²) in [5.74, 6) is 0.728. The Morgan fingerprint density at radius 2 is 2.20 bits per heavy atom. The zero-order valence-electron chi connectivity index (χ0n) is 11.4. The van der Waals surface area contributed by atoms with Gasteiger partial charge in [-0.25, -0.2) is 4.98 Å². The van der Waals surface area contributed by atoms with Gasteiger partial charge in [-0.1, -0.05) is 12.2 Å². The molecule has 0 aliphatic heterocycles. The number of nitrogens with two attached hydrogens (primary N) is 1. The summed E-state index contributed by atoms with van der Waals surface area (Å²) in [5, 5.41) is 7.40. The average Bonchev–Trinajstić information content (AvgIpc) is 2.83. The van der Waals surface area contributed by atoms with Gasteiger partial charge in [-0.3, -0.25) is 4.68 Å². The smallest absolute Gasteiger partial charge is 0.141 e. The molecule has 1 aliphatic carbocycles. The number of hydrogen-bond acceptors (Lipinski definition) is 4. The molecule has 0 amide bonds. The molecule has 0 unspecified atom stereocenters. The zero-order valence-corrected chi connectivity index (χ0v) is 12.2. The van der Waals surface area contributed by atoms with Crippen molar-refractivity contribution in [3.63, 3.8) is 0 Å². The third-order valence-corrected chi connectivity index (χ3v) is 3.75. The van der Waals surface area contributed by atoms with E-state index in [1.807, 2.05) is 13.2 Å². The highest BCUT2D eigenvalue weighted by Crippen LogP contribution is 2.26. The van der Waals surface area contributed by atoms with Gasteiger partial charge in [-0.2, -0.15) is 5.10 Å². The Labute approximate surface area is 123 Å². The van der Waals surface area contributed by atoms with Gasteiger partial charge in [0.2, 0.25) is 0 Å². The molecule has 2 heterocycles. The summed E-state index contributed by atoms with van der Waals surface area (Å²) in [5.41, 5.74) is 9.96. The van der Waals surface area contributed by atoms with Crippen molar-refractivity contribution in [3.05, 3.63) is 35.3 Å². The lowest BCUT2D eigenvalue weighted by molar-refractivity contribution is 0.668. The van der Waals surface area contributed by atoms with Crippen molar-refractivity contribution < 1.29 is 0 Å². The summed E-state index contributed by atoms with van der Waals surface area (Å²) in [6.45, 7) is 0. The van der Waals surface area contributed by atoms with Gasteiger partial charge in [-0.15, -0.1) is 0 Å². The van der Waals surface area contributed by atoms with E-state index in [1.165, 1.54) is 18.4 Å². The van der Waals surface area contributed by atoms with Gasteiger partial charge in [0.25, 0.3) is 0 Å². The van der Waals surface area contributed by atoms with Crippen molar-refractivity contribution in [2.45, 2.75) is 25.7 Å². The SMILES string of the molecule is Cn1cc(Nc2nc3c(cc2C(N)=S)CCCC3)cn1. The number of aromatic nitrogens is 3. The summed E-state index contributed by atoms with van der Waals surface area (Å²) in [6.07, 6.45) is 8.13. The number of aryl methyl sites for hydroxylation is 3. The maximum atomic E-state index is 5.84. The molecule has 1 aliphatic rings. The van der Waals surface area contributed by atoms with E-state index in [1.54, 1.807) is 10.9 Å². The third-order valence-electron chi connectivity index (χ3n) is 3.53. The second-order valence-electron chi connectivity index (χ2n) is 5.09. The topological polar surface area (TPSA) is 68.8 Å². The molecule has 0 atom stereocenters. The van der Waals surface area contributed by atoms with Gasteiger partial charge in [-0.05, 0) is 37.3 Å². The van der Waals surface area contributed by atoms with Gasteiger partial charge in [0.1, 0.15) is 10.8 Å². The molecule has 0 radical (unpaired) electrons. The molecular formula is C14H17N5S. The Morgan fingerprint density at radius 3 is 2.90 bits per heavy atom. The molecule has 0 bridgehead atoms. The first-order valence-electron chi connectivity index (χ1n) is 6.72. The van der Waals surface area contributed by atoms with Gasteiger partial charge in [0.15, 0.2) is 0 Å². The van der Waals surface area contributed by atoms with E-state index in [-0.39, 0.29) is 0 Å². The third kappa shape index (κ3) is 2.51. The molecule has 104 valence electrons. The van der Waals surface area contributed by atoms with E-state index in [0.29, 0.717) is 4.99 Å². The van der Waals surface area contributed by atoms with Crippen LogP contribution >= 0.6 is 12.2 Å². The van der Waals surface area contributed by atoms with Crippen LogP contribution < -0.4 is 11.1 Å². The van der Waals surface area contributed by atoms with Crippen molar-refractivity contribution in [3.8, 4) is 0 Å². The monoisotopic (exact) mass is 287 g/mol. The van der Waals surface area contributed by atoms with Gasteiger partial charge in [0.05, 0.1) is 17.4 Å². The molecule has 3 rings (SSSR count). The Morgan fingerprint density at radius 1 is 1.40 bits per heavy atom. The second-order valence-corrected chi connectivity index (χ2v) is 5.53. The number of thiocarbonyl (C=S) groups is 1. The number of nitrogens with zero attached hydrogens (tertiary/aromatic N) is 3. The molecule has 0 fully saturated rings. The molecule has 0 saturated carbocycles.